The summed E-state index contributed by atoms with van der Waals surface area (Å²) in [6.07, 6.45) is 0. The van der Waals surface area contributed by atoms with Crippen LogP contribution in [0.1, 0.15) is 5.69 Å². The quantitative estimate of drug-likeness (QED) is 0.412. The molecule has 2 aromatic heterocycles. The lowest BCUT2D eigenvalue weighted by Gasteiger charge is -2.11. The van der Waals surface area contributed by atoms with E-state index in [4.69, 9.17) is 5.11 Å². The number of carbonyl (C=O) groups is 1. The molecule has 154 valence electrons. The zero-order chi connectivity index (χ0) is 20.4. The number of para-hydroxylation sites is 2. The van der Waals surface area contributed by atoms with Gasteiger partial charge in [-0.15, -0.1) is 15.3 Å². The Kier molecular flexibility index (Phi) is 6.65. The van der Waals surface area contributed by atoms with Gasteiger partial charge in [-0.1, -0.05) is 47.3 Å². The Bertz CT molecular complexity index is 1180. The summed E-state index contributed by atoms with van der Waals surface area (Å²) in [5, 5.41) is 26.7. The molecular weight excluding hydrogens is 472 g/mol. The molecule has 30 heavy (non-hydrogen) atoms. The van der Waals surface area contributed by atoms with Crippen LogP contribution in [0, 0.1) is 6.92 Å². The average molecular weight is 489 g/mol. The molecule has 0 atom stereocenters. The SMILES string of the molecule is Cc1c(-c2nnc(SCC(=O)O)n2-c2ccccc2Br)nnn1-c1ccccc1.O. The number of nitrogens with zero attached hydrogens (tertiary/aromatic N) is 6. The van der Waals surface area contributed by atoms with Gasteiger partial charge in [0, 0.05) is 4.47 Å². The lowest BCUT2D eigenvalue weighted by Crippen LogP contribution is -2.04. The summed E-state index contributed by atoms with van der Waals surface area (Å²) in [4.78, 5) is 11.1. The van der Waals surface area contributed by atoms with Crippen molar-refractivity contribution in [1.82, 2.24) is 29.8 Å². The van der Waals surface area contributed by atoms with Gasteiger partial charge in [0.1, 0.15) is 0 Å². The van der Waals surface area contributed by atoms with Crippen molar-refractivity contribution in [1.29, 1.82) is 0 Å². The van der Waals surface area contributed by atoms with Crippen molar-refractivity contribution in [2.75, 3.05) is 5.75 Å². The molecule has 4 aromatic rings. The van der Waals surface area contributed by atoms with Crippen molar-refractivity contribution in [2.24, 2.45) is 0 Å². The van der Waals surface area contributed by atoms with Gasteiger partial charge in [0.15, 0.2) is 16.7 Å². The van der Waals surface area contributed by atoms with Crippen LogP contribution < -0.4 is 0 Å². The third kappa shape index (κ3) is 4.13. The second kappa shape index (κ2) is 9.20. The van der Waals surface area contributed by atoms with Gasteiger partial charge < -0.3 is 10.6 Å². The van der Waals surface area contributed by atoms with E-state index in [1.807, 2.05) is 61.5 Å². The third-order valence-electron chi connectivity index (χ3n) is 4.16. The van der Waals surface area contributed by atoms with E-state index in [-0.39, 0.29) is 11.2 Å². The molecular formula is C19H17BrN6O3S. The Morgan fingerprint density at radius 3 is 2.47 bits per heavy atom. The zero-order valence-corrected chi connectivity index (χ0v) is 18.1. The van der Waals surface area contributed by atoms with Gasteiger partial charge in [-0.25, -0.2) is 4.68 Å². The fraction of sp³-hybridized carbons (Fsp3) is 0.105. The molecule has 2 aromatic carbocycles. The van der Waals surface area contributed by atoms with Crippen LogP contribution in [0.25, 0.3) is 22.9 Å². The van der Waals surface area contributed by atoms with Crippen LogP contribution >= 0.6 is 27.7 Å². The van der Waals surface area contributed by atoms with E-state index in [9.17, 15) is 4.79 Å². The van der Waals surface area contributed by atoms with Gasteiger partial charge in [-0.2, -0.15) is 0 Å². The van der Waals surface area contributed by atoms with Gasteiger partial charge >= 0.3 is 5.97 Å². The van der Waals surface area contributed by atoms with Crippen LogP contribution in [-0.2, 0) is 4.79 Å². The first-order chi connectivity index (χ1) is 14.1. The lowest BCUT2D eigenvalue weighted by atomic mass is 10.2. The molecule has 0 aliphatic carbocycles. The molecule has 0 saturated carbocycles. The van der Waals surface area contributed by atoms with Crippen molar-refractivity contribution in [2.45, 2.75) is 12.1 Å². The summed E-state index contributed by atoms with van der Waals surface area (Å²) in [7, 11) is 0. The van der Waals surface area contributed by atoms with E-state index < -0.39 is 5.97 Å². The van der Waals surface area contributed by atoms with Crippen LogP contribution in [0.15, 0.2) is 64.2 Å². The van der Waals surface area contributed by atoms with E-state index in [2.05, 4.69) is 36.4 Å². The van der Waals surface area contributed by atoms with Gasteiger partial charge in [-0.05, 0) is 47.1 Å². The topological polar surface area (TPSA) is 130 Å². The normalized spacial score (nSPS) is 10.6. The van der Waals surface area contributed by atoms with E-state index in [1.165, 1.54) is 0 Å². The first-order valence-corrected chi connectivity index (χ1v) is 10.4. The molecule has 0 amide bonds. The molecule has 0 aliphatic heterocycles. The highest BCUT2D eigenvalue weighted by atomic mass is 79.9. The number of thioether (sulfide) groups is 1. The van der Waals surface area contributed by atoms with Gasteiger partial charge in [0.25, 0.3) is 0 Å². The summed E-state index contributed by atoms with van der Waals surface area (Å²) >= 11 is 4.65. The molecule has 0 fully saturated rings. The van der Waals surface area contributed by atoms with E-state index >= 15 is 0 Å². The van der Waals surface area contributed by atoms with Crippen molar-refractivity contribution < 1.29 is 15.4 Å². The predicted molar refractivity (Wildman–Crippen MR) is 116 cm³/mol. The largest absolute Gasteiger partial charge is 0.481 e. The number of aliphatic carboxylic acids is 1. The van der Waals surface area contributed by atoms with E-state index in [1.54, 1.807) is 9.25 Å². The summed E-state index contributed by atoms with van der Waals surface area (Å²) in [5.41, 5.74) is 3.04. The number of carboxylic acids is 1. The molecule has 2 heterocycles. The number of benzene rings is 2. The molecule has 0 unspecified atom stereocenters. The third-order valence-corrected chi connectivity index (χ3v) is 5.74. The average Bonchev–Trinajstić information content (AvgIpc) is 3.30. The maximum absolute atomic E-state index is 11.1. The molecule has 0 bridgehead atoms. The maximum atomic E-state index is 11.1. The number of rotatable bonds is 6. The highest BCUT2D eigenvalue weighted by molar-refractivity contribution is 9.10. The van der Waals surface area contributed by atoms with Crippen molar-refractivity contribution in [3.05, 3.63) is 64.8 Å². The monoisotopic (exact) mass is 488 g/mol. The minimum atomic E-state index is -0.926. The molecule has 4 rings (SSSR count). The van der Waals surface area contributed by atoms with Crippen LogP contribution in [0.3, 0.4) is 0 Å². The Balaban J connectivity index is 0.00000256. The standard InChI is InChI=1S/C19H15BrN6O2S.H2O/c1-12-17(21-24-26(12)13-7-3-2-4-8-13)18-22-23-19(29-11-16(27)28)25(18)15-10-6-5-9-14(15)20;/h2-10H,11H2,1H3,(H,27,28);1H2. The lowest BCUT2D eigenvalue weighted by molar-refractivity contribution is -0.133. The number of halogens is 1. The minimum Gasteiger partial charge on any atom is -0.481 e. The molecule has 0 saturated heterocycles. The number of aromatic nitrogens is 6. The van der Waals surface area contributed by atoms with E-state index in [0.29, 0.717) is 16.7 Å². The van der Waals surface area contributed by atoms with Gasteiger partial charge in [0.05, 0.1) is 22.8 Å². The highest BCUT2D eigenvalue weighted by Crippen LogP contribution is 2.32. The molecule has 3 N–H and O–H groups in total. The van der Waals surface area contributed by atoms with Gasteiger partial charge in [-0.3, -0.25) is 9.36 Å². The highest BCUT2D eigenvalue weighted by Gasteiger charge is 2.23. The van der Waals surface area contributed by atoms with Crippen LogP contribution in [0.4, 0.5) is 0 Å². The van der Waals surface area contributed by atoms with Crippen molar-refractivity contribution in [3.63, 3.8) is 0 Å². The number of hydrogen-bond donors (Lipinski definition) is 1. The molecule has 9 nitrogen and oxygen atoms in total. The first kappa shape index (κ1) is 21.7. The summed E-state index contributed by atoms with van der Waals surface area (Å²) in [5.74, 6) is -0.563. The second-order valence-corrected chi connectivity index (χ2v) is 7.84. The molecule has 0 radical (unpaired) electrons. The Hall–Kier alpha value is -3.02. The van der Waals surface area contributed by atoms with Crippen LogP contribution in [-0.4, -0.2) is 52.1 Å². The fourth-order valence-electron chi connectivity index (χ4n) is 2.84. The smallest absolute Gasteiger partial charge is 0.313 e. The Morgan fingerprint density at radius 2 is 1.77 bits per heavy atom. The number of carboxylic acid groups (broad SMARTS) is 1. The summed E-state index contributed by atoms with van der Waals surface area (Å²) in [6.45, 7) is 1.91. The van der Waals surface area contributed by atoms with Gasteiger partial charge in [0.2, 0.25) is 0 Å². The fourth-order valence-corrected chi connectivity index (χ4v) is 3.97. The Morgan fingerprint density at radius 1 is 1.07 bits per heavy atom. The van der Waals surface area contributed by atoms with Crippen LogP contribution in [0.2, 0.25) is 0 Å². The Labute approximate surface area is 184 Å². The molecule has 11 heteroatoms. The van der Waals surface area contributed by atoms with Crippen molar-refractivity contribution in [3.8, 4) is 22.9 Å². The summed E-state index contributed by atoms with van der Waals surface area (Å²) < 4.78 is 4.36. The predicted octanol–water partition coefficient (Wildman–Crippen LogP) is 2.94. The van der Waals surface area contributed by atoms with Crippen molar-refractivity contribution >= 4 is 33.7 Å². The molecule has 0 aliphatic rings. The first-order valence-electron chi connectivity index (χ1n) is 8.59. The molecule has 0 spiro atoms. The minimum absolute atomic E-state index is 0. The van der Waals surface area contributed by atoms with Crippen LogP contribution in [0.5, 0.6) is 0 Å². The van der Waals surface area contributed by atoms with E-state index in [0.717, 1.165) is 33.3 Å². The number of hydrogen-bond acceptors (Lipinski definition) is 6. The summed E-state index contributed by atoms with van der Waals surface area (Å²) in [6, 6.07) is 17.3. The maximum Gasteiger partial charge on any atom is 0.313 e. The zero-order valence-electron chi connectivity index (χ0n) is 15.7. The second-order valence-electron chi connectivity index (χ2n) is 6.05.